The number of thiazole rings is 1. The smallest absolute Gasteiger partial charge is 0.274 e. The predicted molar refractivity (Wildman–Crippen MR) is 113 cm³/mol. The summed E-state index contributed by atoms with van der Waals surface area (Å²) in [6.45, 7) is 0.612. The van der Waals surface area contributed by atoms with Crippen LogP contribution in [0.4, 0.5) is 5.13 Å². The number of pyridine rings is 1. The van der Waals surface area contributed by atoms with Crippen molar-refractivity contribution in [1.82, 2.24) is 14.5 Å². The van der Waals surface area contributed by atoms with Gasteiger partial charge in [-0.2, -0.15) is 0 Å². The van der Waals surface area contributed by atoms with Crippen LogP contribution >= 0.6 is 11.3 Å². The molecule has 0 radical (unpaired) electrons. The van der Waals surface area contributed by atoms with Gasteiger partial charge < -0.3 is 4.57 Å². The molecule has 3 aromatic heterocycles. The second-order valence-electron chi connectivity index (χ2n) is 6.15. The first-order chi connectivity index (χ1) is 13.8. The Labute approximate surface area is 167 Å². The van der Waals surface area contributed by atoms with E-state index in [0.717, 1.165) is 16.8 Å². The zero-order valence-corrected chi connectivity index (χ0v) is 15.8. The van der Waals surface area contributed by atoms with Crippen molar-refractivity contribution in [3.63, 3.8) is 0 Å². The van der Waals surface area contributed by atoms with Crippen molar-refractivity contribution in [3.8, 4) is 0 Å². The summed E-state index contributed by atoms with van der Waals surface area (Å²) in [5, 5.41) is 5.39. The van der Waals surface area contributed by atoms with Crippen LogP contribution in [-0.4, -0.2) is 20.4 Å². The van der Waals surface area contributed by atoms with Crippen molar-refractivity contribution in [3.05, 3.63) is 101 Å². The van der Waals surface area contributed by atoms with E-state index in [1.54, 1.807) is 18.5 Å². The van der Waals surface area contributed by atoms with E-state index in [0.29, 0.717) is 17.4 Å². The average molecular weight is 386 g/mol. The van der Waals surface area contributed by atoms with E-state index in [2.05, 4.69) is 15.3 Å². The lowest BCUT2D eigenvalue weighted by atomic mass is 10.2. The molecule has 4 aromatic rings. The van der Waals surface area contributed by atoms with Gasteiger partial charge in [-0.25, -0.2) is 4.98 Å². The molecule has 0 atom stereocenters. The maximum atomic E-state index is 12.7. The van der Waals surface area contributed by atoms with Gasteiger partial charge in [0.2, 0.25) is 0 Å². The van der Waals surface area contributed by atoms with E-state index in [4.69, 9.17) is 0 Å². The number of anilines is 1. The SMILES string of the molecule is O=C(Nc1nc(/C=C/c2ccccc2)cs1)c1cccn1Cc1ccncc1. The van der Waals surface area contributed by atoms with Gasteiger partial charge in [0.05, 0.1) is 5.69 Å². The monoisotopic (exact) mass is 386 g/mol. The summed E-state index contributed by atoms with van der Waals surface area (Å²) >= 11 is 1.41. The number of hydrogen-bond acceptors (Lipinski definition) is 4. The number of aromatic nitrogens is 3. The molecule has 0 saturated carbocycles. The highest BCUT2D eigenvalue weighted by atomic mass is 32.1. The summed E-state index contributed by atoms with van der Waals surface area (Å²) in [6, 6.07) is 17.6. The normalized spacial score (nSPS) is 11.0. The molecule has 6 heteroatoms. The minimum atomic E-state index is -0.174. The average Bonchev–Trinajstić information content (AvgIpc) is 3.37. The van der Waals surface area contributed by atoms with E-state index in [-0.39, 0.29) is 5.91 Å². The van der Waals surface area contributed by atoms with Gasteiger partial charge in [0.25, 0.3) is 5.91 Å². The topological polar surface area (TPSA) is 59.8 Å². The van der Waals surface area contributed by atoms with Crippen LogP contribution in [0.15, 0.2) is 78.6 Å². The summed E-state index contributed by atoms with van der Waals surface area (Å²) in [7, 11) is 0. The second-order valence-corrected chi connectivity index (χ2v) is 7.01. The Morgan fingerprint density at radius 1 is 1.04 bits per heavy atom. The van der Waals surface area contributed by atoms with Crippen molar-refractivity contribution in [1.29, 1.82) is 0 Å². The largest absolute Gasteiger partial charge is 0.339 e. The van der Waals surface area contributed by atoms with Crippen molar-refractivity contribution in [2.75, 3.05) is 5.32 Å². The Bertz CT molecular complexity index is 1080. The Balaban J connectivity index is 1.43. The molecule has 0 aliphatic carbocycles. The van der Waals surface area contributed by atoms with E-state index in [1.165, 1.54) is 11.3 Å². The molecule has 0 aliphatic heterocycles. The van der Waals surface area contributed by atoms with Crippen molar-refractivity contribution in [2.45, 2.75) is 6.54 Å². The first kappa shape index (κ1) is 17.9. The molecule has 0 fully saturated rings. The molecular formula is C22H18N4OS. The molecule has 1 N–H and O–H groups in total. The zero-order valence-electron chi connectivity index (χ0n) is 15.0. The standard InChI is InChI=1S/C22H18N4OS/c27-21(20-7-4-14-26(20)15-18-10-12-23-13-11-18)25-22-24-19(16-28-22)9-8-17-5-2-1-3-6-17/h1-14,16H,15H2,(H,24,25,27)/b9-8+. The van der Waals surface area contributed by atoms with Crippen LogP contribution in [0.5, 0.6) is 0 Å². The molecule has 4 rings (SSSR count). The fraction of sp³-hybridized carbons (Fsp3) is 0.0455. The van der Waals surface area contributed by atoms with E-state index < -0.39 is 0 Å². The van der Waals surface area contributed by atoms with Crippen LogP contribution in [-0.2, 0) is 6.54 Å². The molecule has 5 nitrogen and oxygen atoms in total. The zero-order chi connectivity index (χ0) is 19.2. The Kier molecular flexibility index (Phi) is 5.40. The summed E-state index contributed by atoms with van der Waals surface area (Å²) in [5.41, 5.74) is 3.60. The van der Waals surface area contributed by atoms with Gasteiger partial charge in [0.1, 0.15) is 5.69 Å². The maximum Gasteiger partial charge on any atom is 0.274 e. The Morgan fingerprint density at radius 2 is 1.86 bits per heavy atom. The number of amides is 1. The molecule has 3 heterocycles. The number of nitrogens with zero attached hydrogens (tertiary/aromatic N) is 3. The predicted octanol–water partition coefficient (Wildman–Crippen LogP) is 4.81. The van der Waals surface area contributed by atoms with Gasteiger partial charge in [0, 0.05) is 30.5 Å². The van der Waals surface area contributed by atoms with Crippen LogP contribution < -0.4 is 5.32 Å². The second kappa shape index (κ2) is 8.45. The molecule has 28 heavy (non-hydrogen) atoms. The first-order valence-electron chi connectivity index (χ1n) is 8.82. The van der Waals surface area contributed by atoms with Crippen LogP contribution in [0.2, 0.25) is 0 Å². The third kappa shape index (κ3) is 4.42. The molecule has 1 amide bonds. The number of nitrogens with one attached hydrogen (secondary N) is 1. The number of hydrogen-bond donors (Lipinski definition) is 1. The van der Waals surface area contributed by atoms with E-state index >= 15 is 0 Å². The highest BCUT2D eigenvalue weighted by Gasteiger charge is 2.13. The van der Waals surface area contributed by atoms with E-state index in [9.17, 15) is 4.79 Å². The summed E-state index contributed by atoms with van der Waals surface area (Å²) < 4.78 is 1.91. The highest BCUT2D eigenvalue weighted by Crippen LogP contribution is 2.19. The summed E-state index contributed by atoms with van der Waals surface area (Å²) in [6.07, 6.45) is 9.33. The number of benzene rings is 1. The quantitative estimate of drug-likeness (QED) is 0.517. The fourth-order valence-corrected chi connectivity index (χ4v) is 3.44. The fourth-order valence-electron chi connectivity index (χ4n) is 2.77. The van der Waals surface area contributed by atoms with Crippen molar-refractivity contribution >= 4 is 34.5 Å². The van der Waals surface area contributed by atoms with Crippen molar-refractivity contribution < 1.29 is 4.79 Å². The lowest BCUT2D eigenvalue weighted by Gasteiger charge is -2.08. The highest BCUT2D eigenvalue weighted by molar-refractivity contribution is 7.14. The third-order valence-electron chi connectivity index (χ3n) is 4.15. The minimum Gasteiger partial charge on any atom is -0.339 e. The number of carbonyl (C=O) groups is 1. The molecule has 0 unspecified atom stereocenters. The lowest BCUT2D eigenvalue weighted by Crippen LogP contribution is -2.17. The van der Waals surface area contributed by atoms with Crippen molar-refractivity contribution in [2.24, 2.45) is 0 Å². The summed E-state index contributed by atoms with van der Waals surface area (Å²) in [4.78, 5) is 21.2. The Hall–Kier alpha value is -3.51. The summed E-state index contributed by atoms with van der Waals surface area (Å²) in [5.74, 6) is -0.174. The molecule has 138 valence electrons. The minimum absolute atomic E-state index is 0.174. The van der Waals surface area contributed by atoms with Gasteiger partial charge in [0.15, 0.2) is 5.13 Å². The van der Waals surface area contributed by atoms with E-state index in [1.807, 2.05) is 76.8 Å². The van der Waals surface area contributed by atoms with Crippen LogP contribution in [0.25, 0.3) is 12.2 Å². The molecule has 0 bridgehead atoms. The van der Waals surface area contributed by atoms with Crippen LogP contribution in [0.3, 0.4) is 0 Å². The Morgan fingerprint density at radius 3 is 2.68 bits per heavy atom. The van der Waals surface area contributed by atoms with Gasteiger partial charge >= 0.3 is 0 Å². The lowest BCUT2D eigenvalue weighted by molar-refractivity contribution is 0.101. The number of carbonyl (C=O) groups excluding carboxylic acids is 1. The maximum absolute atomic E-state index is 12.7. The van der Waals surface area contributed by atoms with Gasteiger partial charge in [-0.3, -0.25) is 15.1 Å². The molecule has 1 aromatic carbocycles. The third-order valence-corrected chi connectivity index (χ3v) is 4.93. The van der Waals surface area contributed by atoms with Crippen LogP contribution in [0.1, 0.15) is 27.3 Å². The van der Waals surface area contributed by atoms with Crippen LogP contribution in [0, 0.1) is 0 Å². The molecular weight excluding hydrogens is 368 g/mol. The molecule has 0 spiro atoms. The number of rotatable bonds is 6. The first-order valence-corrected chi connectivity index (χ1v) is 9.70. The van der Waals surface area contributed by atoms with Gasteiger partial charge in [-0.05, 0) is 41.5 Å². The molecule has 0 saturated heterocycles. The van der Waals surface area contributed by atoms with Gasteiger partial charge in [-0.15, -0.1) is 11.3 Å². The molecule has 0 aliphatic rings. The van der Waals surface area contributed by atoms with Gasteiger partial charge in [-0.1, -0.05) is 36.4 Å².